The summed E-state index contributed by atoms with van der Waals surface area (Å²) in [5.41, 5.74) is 6.14. The van der Waals surface area contributed by atoms with Gasteiger partial charge in [-0.2, -0.15) is 5.10 Å². The third-order valence-corrected chi connectivity index (χ3v) is 6.59. The molecule has 5 heterocycles. The van der Waals surface area contributed by atoms with Crippen molar-refractivity contribution in [2.45, 2.75) is 25.3 Å². The monoisotopic (exact) mass is 453 g/mol. The van der Waals surface area contributed by atoms with Crippen LogP contribution >= 0.6 is 0 Å². The Labute approximate surface area is 197 Å². The molecule has 9 heteroatoms. The second-order valence-electron chi connectivity index (χ2n) is 8.91. The molecule has 172 valence electrons. The molecule has 34 heavy (non-hydrogen) atoms. The fourth-order valence-corrected chi connectivity index (χ4v) is 4.77. The minimum atomic E-state index is 0.130. The molecule has 1 atom stereocenters. The first-order chi connectivity index (χ1) is 16.7. The van der Waals surface area contributed by atoms with Crippen molar-refractivity contribution in [2.75, 3.05) is 19.6 Å². The van der Waals surface area contributed by atoms with Crippen LogP contribution in [0.3, 0.4) is 0 Å². The van der Waals surface area contributed by atoms with Crippen LogP contribution in [-0.2, 0) is 7.05 Å². The fraction of sp³-hybridized carbons (Fsp3) is 0.320. The summed E-state index contributed by atoms with van der Waals surface area (Å²) in [7, 11) is 1.89. The van der Waals surface area contributed by atoms with E-state index in [4.69, 9.17) is 4.98 Å². The maximum absolute atomic E-state index is 4.87. The molecule has 0 saturated carbocycles. The zero-order valence-corrected chi connectivity index (χ0v) is 19.2. The van der Waals surface area contributed by atoms with Crippen molar-refractivity contribution in [2.24, 2.45) is 7.05 Å². The molecule has 1 unspecified atom stereocenters. The van der Waals surface area contributed by atoms with Crippen LogP contribution in [-0.4, -0.2) is 64.3 Å². The lowest BCUT2D eigenvalue weighted by molar-refractivity contribution is 0.306. The fourth-order valence-electron chi connectivity index (χ4n) is 4.77. The van der Waals surface area contributed by atoms with Gasteiger partial charge >= 0.3 is 0 Å². The molecule has 1 aliphatic rings. The molecule has 0 radical (unpaired) electrons. The Morgan fingerprint density at radius 2 is 1.88 bits per heavy atom. The molecular weight excluding hydrogens is 426 g/mol. The zero-order valence-electron chi connectivity index (χ0n) is 19.2. The zero-order chi connectivity index (χ0) is 22.9. The first kappa shape index (κ1) is 20.7. The van der Waals surface area contributed by atoms with Gasteiger partial charge in [-0.25, -0.2) is 14.6 Å². The number of benzene rings is 1. The van der Waals surface area contributed by atoms with E-state index in [1.807, 2.05) is 30.3 Å². The van der Waals surface area contributed by atoms with Crippen LogP contribution in [0.5, 0.6) is 0 Å². The van der Waals surface area contributed by atoms with Gasteiger partial charge in [0, 0.05) is 37.1 Å². The normalized spacial score (nSPS) is 15.3. The number of likely N-dealkylation sites (tertiary alicyclic amines) is 1. The lowest BCUT2D eigenvalue weighted by Crippen LogP contribution is -2.24. The predicted molar refractivity (Wildman–Crippen MR) is 130 cm³/mol. The van der Waals surface area contributed by atoms with E-state index in [-0.39, 0.29) is 6.04 Å². The van der Waals surface area contributed by atoms with E-state index in [2.05, 4.69) is 60.6 Å². The molecule has 0 bridgehead atoms. The summed E-state index contributed by atoms with van der Waals surface area (Å²) >= 11 is 0. The van der Waals surface area contributed by atoms with E-state index in [0.717, 1.165) is 46.6 Å². The van der Waals surface area contributed by atoms with Crippen molar-refractivity contribution in [1.82, 2.24) is 44.6 Å². The van der Waals surface area contributed by atoms with Crippen molar-refractivity contribution < 1.29 is 0 Å². The lowest BCUT2D eigenvalue weighted by Gasteiger charge is -2.21. The van der Waals surface area contributed by atoms with Crippen LogP contribution in [0.1, 0.15) is 30.9 Å². The van der Waals surface area contributed by atoms with Gasteiger partial charge < -0.3 is 9.88 Å². The number of hydrogen-bond donors (Lipinski definition) is 1. The molecule has 0 aliphatic carbocycles. The Morgan fingerprint density at radius 1 is 1.03 bits per heavy atom. The first-order valence-corrected chi connectivity index (χ1v) is 11.8. The van der Waals surface area contributed by atoms with Gasteiger partial charge in [-0.05, 0) is 37.9 Å². The number of rotatable bonds is 7. The van der Waals surface area contributed by atoms with Crippen LogP contribution in [0, 0.1) is 0 Å². The van der Waals surface area contributed by atoms with E-state index in [9.17, 15) is 0 Å². The summed E-state index contributed by atoms with van der Waals surface area (Å²) in [5.74, 6) is 0. The Bertz CT molecular complexity index is 1390. The maximum Gasteiger partial charge on any atom is 0.156 e. The minimum Gasteiger partial charge on any atom is -0.344 e. The van der Waals surface area contributed by atoms with Gasteiger partial charge in [-0.1, -0.05) is 35.5 Å². The average molecular weight is 454 g/mol. The quantitative estimate of drug-likeness (QED) is 0.404. The van der Waals surface area contributed by atoms with Gasteiger partial charge in [0.1, 0.15) is 11.2 Å². The Morgan fingerprint density at radius 3 is 2.68 bits per heavy atom. The average Bonchev–Trinajstić information content (AvgIpc) is 3.67. The summed E-state index contributed by atoms with van der Waals surface area (Å²) < 4.78 is 3.76. The summed E-state index contributed by atoms with van der Waals surface area (Å²) in [6.07, 6.45) is 13.0. The highest BCUT2D eigenvalue weighted by molar-refractivity contribution is 5.90. The van der Waals surface area contributed by atoms with Gasteiger partial charge in [-0.3, -0.25) is 4.68 Å². The summed E-state index contributed by atoms with van der Waals surface area (Å²) in [6.45, 7) is 3.44. The Balaban J connectivity index is 1.33. The third-order valence-electron chi connectivity index (χ3n) is 6.59. The molecule has 1 saturated heterocycles. The smallest absolute Gasteiger partial charge is 0.156 e. The number of aryl methyl sites for hydroxylation is 1. The highest BCUT2D eigenvalue weighted by Gasteiger charge is 2.21. The Kier molecular flexibility index (Phi) is 5.38. The lowest BCUT2D eigenvalue weighted by atomic mass is 10.0. The molecule has 1 aromatic carbocycles. The van der Waals surface area contributed by atoms with Crippen LogP contribution < -0.4 is 0 Å². The van der Waals surface area contributed by atoms with E-state index >= 15 is 0 Å². The number of aromatic amines is 1. The topological polar surface area (TPSA) is 93.3 Å². The van der Waals surface area contributed by atoms with Gasteiger partial charge in [0.05, 0.1) is 30.3 Å². The molecule has 4 aromatic heterocycles. The van der Waals surface area contributed by atoms with E-state index in [0.29, 0.717) is 0 Å². The predicted octanol–water partition coefficient (Wildman–Crippen LogP) is 3.69. The first-order valence-electron chi connectivity index (χ1n) is 11.8. The maximum atomic E-state index is 4.87. The van der Waals surface area contributed by atoms with Crippen molar-refractivity contribution in [1.29, 1.82) is 0 Å². The van der Waals surface area contributed by atoms with Gasteiger partial charge in [-0.15, -0.1) is 5.10 Å². The van der Waals surface area contributed by atoms with E-state index in [1.165, 1.54) is 31.5 Å². The van der Waals surface area contributed by atoms with Crippen LogP contribution in [0.4, 0.5) is 0 Å². The van der Waals surface area contributed by atoms with Crippen LogP contribution in [0.2, 0.25) is 0 Å². The Hall–Kier alpha value is -3.85. The largest absolute Gasteiger partial charge is 0.344 e. The van der Waals surface area contributed by atoms with E-state index < -0.39 is 0 Å². The molecule has 1 fully saturated rings. The number of H-pyrrole nitrogens is 1. The summed E-state index contributed by atoms with van der Waals surface area (Å²) in [5, 5.41) is 13.3. The molecular formula is C25H27N9. The van der Waals surface area contributed by atoms with Gasteiger partial charge in [0.2, 0.25) is 0 Å². The number of aromatic nitrogens is 8. The second kappa shape index (κ2) is 8.83. The van der Waals surface area contributed by atoms with Crippen molar-refractivity contribution in [3.8, 4) is 22.5 Å². The SMILES string of the molecule is Cn1cc(-c2cnc3[nH]cc(-c4cn(C(CCN5CCCC5)c5ccccc5)nn4)c3n2)cn1. The number of nitrogens with one attached hydrogen (secondary N) is 1. The minimum absolute atomic E-state index is 0.130. The van der Waals surface area contributed by atoms with Crippen molar-refractivity contribution >= 4 is 11.2 Å². The van der Waals surface area contributed by atoms with E-state index in [1.54, 1.807) is 17.1 Å². The van der Waals surface area contributed by atoms with Crippen molar-refractivity contribution in [3.63, 3.8) is 0 Å². The summed E-state index contributed by atoms with van der Waals surface area (Å²) in [6, 6.07) is 10.7. The van der Waals surface area contributed by atoms with Gasteiger partial charge in [0.25, 0.3) is 0 Å². The number of hydrogen-bond acceptors (Lipinski definition) is 6. The summed E-state index contributed by atoms with van der Waals surface area (Å²) in [4.78, 5) is 15.2. The molecule has 1 aliphatic heterocycles. The van der Waals surface area contributed by atoms with Crippen LogP contribution in [0.15, 0.2) is 61.3 Å². The van der Waals surface area contributed by atoms with Crippen molar-refractivity contribution in [3.05, 3.63) is 66.9 Å². The number of fused-ring (bicyclic) bond motifs is 1. The highest BCUT2D eigenvalue weighted by atomic mass is 15.4. The molecule has 9 nitrogen and oxygen atoms in total. The van der Waals surface area contributed by atoms with Gasteiger partial charge in [0.15, 0.2) is 5.65 Å². The third kappa shape index (κ3) is 3.99. The molecule has 5 aromatic rings. The highest BCUT2D eigenvalue weighted by Crippen LogP contribution is 2.29. The molecule has 6 rings (SSSR count). The molecule has 0 amide bonds. The molecule has 1 N–H and O–H groups in total. The standard InChI is InChI=1S/C25H27N9/c1-32-16-19(13-28-32)21-15-27-25-24(29-21)20(14-26-25)22-17-34(31-30-22)23(18-7-3-2-4-8-18)9-12-33-10-5-6-11-33/h2-4,7-8,13-17,23H,5-6,9-12H2,1H3,(H,26,27). The van der Waals surface area contributed by atoms with Crippen LogP contribution in [0.25, 0.3) is 33.7 Å². The number of nitrogens with zero attached hydrogens (tertiary/aromatic N) is 8. The second-order valence-corrected chi connectivity index (χ2v) is 8.91. The molecule has 0 spiro atoms.